The van der Waals surface area contributed by atoms with E-state index in [0.717, 1.165) is 31.2 Å². The van der Waals surface area contributed by atoms with Crippen LogP contribution in [-0.2, 0) is 4.79 Å². The number of halogens is 1. The SMILES string of the molecule is Cc1cc(OCC(=O)NNC(=O)NC2CCCCC2)ccc1Cl. The van der Waals surface area contributed by atoms with Crippen molar-refractivity contribution in [2.24, 2.45) is 0 Å². The van der Waals surface area contributed by atoms with Crippen molar-refractivity contribution < 1.29 is 14.3 Å². The lowest BCUT2D eigenvalue weighted by Crippen LogP contribution is -2.51. The number of aryl methyl sites for hydroxylation is 1. The number of carbonyl (C=O) groups is 2. The minimum Gasteiger partial charge on any atom is -0.484 e. The zero-order valence-electron chi connectivity index (χ0n) is 13.2. The summed E-state index contributed by atoms with van der Waals surface area (Å²) in [6.45, 7) is 1.66. The van der Waals surface area contributed by atoms with Gasteiger partial charge in [0.25, 0.3) is 5.91 Å². The van der Waals surface area contributed by atoms with Gasteiger partial charge in [-0.25, -0.2) is 10.2 Å². The standard InChI is InChI=1S/C16H22ClN3O3/c1-11-9-13(7-8-14(11)17)23-10-15(21)19-20-16(22)18-12-5-3-2-4-6-12/h7-9,12H,2-6,10H2,1H3,(H,19,21)(H2,18,20,22). The van der Waals surface area contributed by atoms with Crippen LogP contribution >= 0.6 is 11.6 Å². The van der Waals surface area contributed by atoms with E-state index < -0.39 is 11.9 Å². The molecule has 23 heavy (non-hydrogen) atoms. The highest BCUT2D eigenvalue weighted by molar-refractivity contribution is 6.31. The van der Waals surface area contributed by atoms with Gasteiger partial charge in [0.2, 0.25) is 0 Å². The third kappa shape index (κ3) is 5.98. The molecule has 1 aromatic rings. The molecule has 0 spiro atoms. The third-order valence-electron chi connectivity index (χ3n) is 3.76. The van der Waals surface area contributed by atoms with Crippen molar-refractivity contribution in [1.82, 2.24) is 16.2 Å². The van der Waals surface area contributed by atoms with E-state index in [-0.39, 0.29) is 12.6 Å². The van der Waals surface area contributed by atoms with Crippen molar-refractivity contribution in [1.29, 1.82) is 0 Å². The van der Waals surface area contributed by atoms with Gasteiger partial charge in [0.15, 0.2) is 6.61 Å². The largest absolute Gasteiger partial charge is 0.484 e. The topological polar surface area (TPSA) is 79.5 Å². The van der Waals surface area contributed by atoms with E-state index in [0.29, 0.717) is 10.8 Å². The molecule has 1 aliphatic rings. The Morgan fingerprint density at radius 2 is 1.96 bits per heavy atom. The van der Waals surface area contributed by atoms with Crippen molar-refractivity contribution in [2.45, 2.75) is 45.1 Å². The van der Waals surface area contributed by atoms with E-state index in [1.165, 1.54) is 6.42 Å². The summed E-state index contributed by atoms with van der Waals surface area (Å²) in [5, 5.41) is 3.48. The van der Waals surface area contributed by atoms with E-state index in [9.17, 15) is 9.59 Å². The first-order valence-electron chi connectivity index (χ1n) is 7.79. The molecule has 7 heteroatoms. The third-order valence-corrected chi connectivity index (χ3v) is 4.18. The van der Waals surface area contributed by atoms with Gasteiger partial charge in [0.1, 0.15) is 5.75 Å². The van der Waals surface area contributed by atoms with Crippen LogP contribution < -0.4 is 20.9 Å². The summed E-state index contributed by atoms with van der Waals surface area (Å²) < 4.78 is 5.34. The van der Waals surface area contributed by atoms with Crippen molar-refractivity contribution in [3.05, 3.63) is 28.8 Å². The molecular formula is C16H22ClN3O3. The Labute approximate surface area is 140 Å². The van der Waals surface area contributed by atoms with Crippen LogP contribution in [0.15, 0.2) is 18.2 Å². The van der Waals surface area contributed by atoms with E-state index >= 15 is 0 Å². The number of urea groups is 1. The van der Waals surface area contributed by atoms with Gasteiger partial charge in [-0.3, -0.25) is 10.2 Å². The van der Waals surface area contributed by atoms with Crippen LogP contribution in [0.1, 0.15) is 37.7 Å². The first kappa shape index (κ1) is 17.4. The highest BCUT2D eigenvalue weighted by atomic mass is 35.5. The number of hydrogen-bond acceptors (Lipinski definition) is 3. The Bertz CT molecular complexity index is 560. The molecule has 126 valence electrons. The second kappa shape index (κ2) is 8.62. The van der Waals surface area contributed by atoms with Gasteiger partial charge in [-0.1, -0.05) is 30.9 Å². The van der Waals surface area contributed by atoms with Crippen molar-refractivity contribution >= 4 is 23.5 Å². The summed E-state index contributed by atoms with van der Waals surface area (Å²) in [5.41, 5.74) is 5.52. The van der Waals surface area contributed by atoms with Crippen molar-refractivity contribution in [3.63, 3.8) is 0 Å². The smallest absolute Gasteiger partial charge is 0.333 e. The summed E-state index contributed by atoms with van der Waals surface area (Å²) in [6.07, 6.45) is 5.45. The summed E-state index contributed by atoms with van der Waals surface area (Å²) in [6, 6.07) is 4.94. The molecule has 0 saturated heterocycles. The molecule has 1 saturated carbocycles. The predicted octanol–water partition coefficient (Wildman–Crippen LogP) is 2.69. The van der Waals surface area contributed by atoms with Gasteiger partial charge in [-0.2, -0.15) is 0 Å². The Balaban J connectivity index is 1.66. The lowest BCUT2D eigenvalue weighted by atomic mass is 9.96. The zero-order chi connectivity index (χ0) is 16.7. The van der Waals surface area contributed by atoms with Crippen LogP contribution in [0.3, 0.4) is 0 Å². The molecule has 2 rings (SSSR count). The van der Waals surface area contributed by atoms with Crippen LogP contribution in [0, 0.1) is 6.92 Å². The quantitative estimate of drug-likeness (QED) is 0.738. The maximum Gasteiger partial charge on any atom is 0.333 e. The molecule has 3 amide bonds. The molecule has 0 aliphatic heterocycles. The van der Waals surface area contributed by atoms with Gasteiger partial charge in [-0.15, -0.1) is 0 Å². The second-order valence-corrected chi connectivity index (χ2v) is 6.09. The van der Waals surface area contributed by atoms with E-state index in [4.69, 9.17) is 16.3 Å². The molecule has 3 N–H and O–H groups in total. The molecule has 0 unspecified atom stereocenters. The minimum absolute atomic E-state index is 0.189. The number of carbonyl (C=O) groups excluding carboxylic acids is 2. The monoisotopic (exact) mass is 339 g/mol. The summed E-state index contributed by atoms with van der Waals surface area (Å²) >= 11 is 5.92. The fourth-order valence-electron chi connectivity index (χ4n) is 2.49. The highest BCUT2D eigenvalue weighted by Crippen LogP contribution is 2.20. The van der Waals surface area contributed by atoms with Gasteiger partial charge >= 0.3 is 6.03 Å². The molecule has 0 radical (unpaired) electrons. The lowest BCUT2D eigenvalue weighted by Gasteiger charge is -2.22. The van der Waals surface area contributed by atoms with Crippen LogP contribution in [0.25, 0.3) is 0 Å². The van der Waals surface area contributed by atoms with E-state index in [2.05, 4.69) is 16.2 Å². The van der Waals surface area contributed by atoms with Crippen LogP contribution in [-0.4, -0.2) is 24.6 Å². The van der Waals surface area contributed by atoms with Gasteiger partial charge in [0.05, 0.1) is 0 Å². The molecule has 1 fully saturated rings. The fourth-order valence-corrected chi connectivity index (χ4v) is 2.60. The molecule has 0 aromatic heterocycles. The number of rotatable bonds is 4. The molecule has 0 heterocycles. The lowest BCUT2D eigenvalue weighted by molar-refractivity contribution is -0.123. The number of amides is 3. The average molecular weight is 340 g/mol. The number of hydrogen-bond donors (Lipinski definition) is 3. The van der Waals surface area contributed by atoms with Gasteiger partial charge in [0, 0.05) is 11.1 Å². The average Bonchev–Trinajstić information content (AvgIpc) is 2.55. The molecule has 0 bridgehead atoms. The molecule has 6 nitrogen and oxygen atoms in total. The molecule has 1 aliphatic carbocycles. The van der Waals surface area contributed by atoms with Gasteiger partial charge in [-0.05, 0) is 43.5 Å². The minimum atomic E-state index is -0.434. The summed E-state index contributed by atoms with van der Waals surface area (Å²) in [7, 11) is 0. The number of ether oxygens (including phenoxy) is 1. The maximum atomic E-state index is 11.7. The molecule has 1 aromatic carbocycles. The Hall–Kier alpha value is -1.95. The molecule has 0 atom stereocenters. The summed E-state index contributed by atoms with van der Waals surface area (Å²) in [5.74, 6) is 0.116. The Morgan fingerprint density at radius 1 is 1.22 bits per heavy atom. The number of hydrazine groups is 1. The predicted molar refractivity (Wildman–Crippen MR) is 88.4 cm³/mol. The Morgan fingerprint density at radius 3 is 2.65 bits per heavy atom. The number of benzene rings is 1. The molecular weight excluding hydrogens is 318 g/mol. The first-order chi connectivity index (χ1) is 11.0. The second-order valence-electron chi connectivity index (χ2n) is 5.68. The zero-order valence-corrected chi connectivity index (χ0v) is 13.9. The van der Waals surface area contributed by atoms with Crippen LogP contribution in [0.4, 0.5) is 4.79 Å². The van der Waals surface area contributed by atoms with Crippen molar-refractivity contribution in [3.8, 4) is 5.75 Å². The maximum absolute atomic E-state index is 11.7. The van der Waals surface area contributed by atoms with Crippen molar-refractivity contribution in [2.75, 3.05) is 6.61 Å². The summed E-state index contributed by atoms with van der Waals surface area (Å²) in [4.78, 5) is 23.3. The van der Waals surface area contributed by atoms with Crippen LogP contribution in [0.2, 0.25) is 5.02 Å². The van der Waals surface area contributed by atoms with Crippen LogP contribution in [0.5, 0.6) is 5.75 Å². The van der Waals surface area contributed by atoms with Gasteiger partial charge < -0.3 is 10.1 Å². The van der Waals surface area contributed by atoms with E-state index in [1.807, 2.05) is 6.92 Å². The number of nitrogens with one attached hydrogen (secondary N) is 3. The van der Waals surface area contributed by atoms with E-state index in [1.54, 1.807) is 18.2 Å². The normalized spacial score (nSPS) is 14.9. The fraction of sp³-hybridized carbons (Fsp3) is 0.500. The Kier molecular flexibility index (Phi) is 6.52. The highest BCUT2D eigenvalue weighted by Gasteiger charge is 2.15. The first-order valence-corrected chi connectivity index (χ1v) is 8.16.